The van der Waals surface area contributed by atoms with Crippen LogP contribution >= 0.6 is 11.6 Å². The van der Waals surface area contributed by atoms with Crippen molar-refractivity contribution >= 4 is 17.4 Å². The summed E-state index contributed by atoms with van der Waals surface area (Å²) in [5.74, 6) is 1.41. The van der Waals surface area contributed by atoms with Gasteiger partial charge < -0.3 is 14.8 Å². The van der Waals surface area contributed by atoms with E-state index >= 15 is 0 Å². The van der Waals surface area contributed by atoms with Crippen LogP contribution in [0.5, 0.6) is 11.6 Å². The highest BCUT2D eigenvalue weighted by molar-refractivity contribution is 6.30. The summed E-state index contributed by atoms with van der Waals surface area (Å²) in [5.41, 5.74) is 0.623. The molecule has 1 aromatic carbocycles. The molecule has 2 aromatic rings. The average molecular weight is 344 g/mol. The van der Waals surface area contributed by atoms with E-state index in [4.69, 9.17) is 16.3 Å². The molecule has 5 nitrogen and oxygen atoms in total. The second kappa shape index (κ2) is 6.93. The summed E-state index contributed by atoms with van der Waals surface area (Å²) in [6.45, 7) is 4.09. The van der Waals surface area contributed by atoms with Crippen molar-refractivity contribution in [3.63, 3.8) is 0 Å². The second-order valence-electron chi connectivity index (χ2n) is 5.61. The monoisotopic (exact) mass is 343 g/mol. The maximum atomic E-state index is 9.62. The van der Waals surface area contributed by atoms with Gasteiger partial charge in [0.25, 0.3) is 0 Å². The summed E-state index contributed by atoms with van der Waals surface area (Å²) < 4.78 is 5.87. The van der Waals surface area contributed by atoms with Gasteiger partial charge in [-0.3, -0.25) is 0 Å². The summed E-state index contributed by atoms with van der Waals surface area (Å²) in [6.07, 6.45) is 5.79. The van der Waals surface area contributed by atoms with E-state index in [0.717, 1.165) is 0 Å². The number of hydrogen-bond acceptors (Lipinski definition) is 4. The molecule has 1 N–H and O–H groups in total. The maximum Gasteiger partial charge on any atom is 0.230 e. The number of halogens is 1. The van der Waals surface area contributed by atoms with Gasteiger partial charge in [-0.15, -0.1) is 0 Å². The first-order chi connectivity index (χ1) is 11.6. The molecule has 0 saturated carbocycles. The van der Waals surface area contributed by atoms with Crippen molar-refractivity contribution in [2.45, 2.75) is 25.9 Å². The Morgan fingerprint density at radius 2 is 1.83 bits per heavy atom. The number of pyridine rings is 1. The third-order valence-electron chi connectivity index (χ3n) is 3.93. The summed E-state index contributed by atoms with van der Waals surface area (Å²) >= 11 is 5.90. The quantitative estimate of drug-likeness (QED) is 0.296. The predicted octanol–water partition coefficient (Wildman–Crippen LogP) is 4.31. The highest BCUT2D eigenvalue weighted by atomic mass is 35.5. The minimum Gasteiger partial charge on any atom is -0.438 e. The van der Waals surface area contributed by atoms with Crippen LogP contribution in [0, 0.1) is 0 Å². The van der Waals surface area contributed by atoms with Gasteiger partial charge in [0.05, 0.1) is 5.56 Å². The lowest BCUT2D eigenvalue weighted by atomic mass is 10.2. The van der Waals surface area contributed by atoms with E-state index in [2.05, 4.69) is 22.3 Å². The average Bonchev–Trinajstić information content (AvgIpc) is 2.91. The van der Waals surface area contributed by atoms with Gasteiger partial charge in [0.1, 0.15) is 5.75 Å². The predicted molar refractivity (Wildman–Crippen MR) is 94.0 cm³/mol. The first kappa shape index (κ1) is 16.3. The Kier molecular flexibility index (Phi) is 4.71. The molecule has 2 unspecified atom stereocenters. The highest BCUT2D eigenvalue weighted by Crippen LogP contribution is 2.28. The summed E-state index contributed by atoms with van der Waals surface area (Å²) in [4.78, 5) is 6.30. The Balaban J connectivity index is 1.94. The molecule has 0 saturated heterocycles. The second-order valence-corrected chi connectivity index (χ2v) is 6.05. The normalized spacial score (nSPS) is 20.5. The minimum atomic E-state index is 0.120. The number of amidine groups is 1. The number of benzene rings is 1. The van der Waals surface area contributed by atoms with Crippen molar-refractivity contribution in [1.82, 2.24) is 9.88 Å². The zero-order valence-electron chi connectivity index (χ0n) is 13.4. The van der Waals surface area contributed by atoms with Crippen molar-refractivity contribution in [2.75, 3.05) is 0 Å². The van der Waals surface area contributed by atoms with Crippen molar-refractivity contribution in [3.05, 3.63) is 65.3 Å². The van der Waals surface area contributed by atoms with Gasteiger partial charge in [0.2, 0.25) is 5.88 Å². The van der Waals surface area contributed by atoms with Gasteiger partial charge in [0.15, 0.2) is 5.84 Å². The molecule has 124 valence electrons. The third-order valence-corrected chi connectivity index (χ3v) is 4.18. The molecular formula is C18H18ClN3O2. The standard InChI is InChI=1S/C18H18ClN3O2/c1-12-5-6-13(2)22(12)17(21-23)16-4-3-11-20-18(16)24-15-9-7-14(19)8-10-15/h3-13,23H,1-2H3/b21-17-. The lowest BCUT2D eigenvalue weighted by Gasteiger charge is -2.29. The number of oxime groups is 1. The van der Waals surface area contributed by atoms with Crippen LogP contribution < -0.4 is 4.74 Å². The number of rotatable bonds is 3. The van der Waals surface area contributed by atoms with Gasteiger partial charge in [-0.1, -0.05) is 28.9 Å². The smallest absolute Gasteiger partial charge is 0.230 e. The molecule has 24 heavy (non-hydrogen) atoms. The molecular weight excluding hydrogens is 326 g/mol. The van der Waals surface area contributed by atoms with E-state index in [1.807, 2.05) is 24.8 Å². The van der Waals surface area contributed by atoms with E-state index in [-0.39, 0.29) is 12.1 Å². The topological polar surface area (TPSA) is 58.0 Å². The Hall–Kier alpha value is -2.53. The number of ether oxygens (including phenoxy) is 1. The van der Waals surface area contributed by atoms with Gasteiger partial charge in [-0.2, -0.15) is 0 Å². The fourth-order valence-electron chi connectivity index (χ4n) is 2.76. The van der Waals surface area contributed by atoms with E-state index in [1.165, 1.54) is 0 Å². The summed E-state index contributed by atoms with van der Waals surface area (Å²) in [5, 5.41) is 13.8. The van der Waals surface area contributed by atoms with Crippen LogP contribution in [0.3, 0.4) is 0 Å². The Labute approximate surface area is 145 Å². The Morgan fingerprint density at radius 3 is 2.46 bits per heavy atom. The van der Waals surface area contributed by atoms with E-state index in [9.17, 15) is 5.21 Å². The number of nitrogens with zero attached hydrogens (tertiary/aromatic N) is 3. The Morgan fingerprint density at radius 1 is 1.17 bits per heavy atom. The molecule has 1 aliphatic heterocycles. The van der Waals surface area contributed by atoms with Crippen LogP contribution in [0.1, 0.15) is 19.4 Å². The van der Waals surface area contributed by atoms with Gasteiger partial charge in [-0.05, 0) is 50.2 Å². The fraction of sp³-hybridized carbons (Fsp3) is 0.222. The first-order valence-electron chi connectivity index (χ1n) is 7.67. The van der Waals surface area contributed by atoms with Crippen LogP contribution in [0.2, 0.25) is 5.02 Å². The molecule has 1 aromatic heterocycles. The highest BCUT2D eigenvalue weighted by Gasteiger charge is 2.29. The molecule has 0 bridgehead atoms. The molecule has 1 aliphatic rings. The molecule has 0 radical (unpaired) electrons. The molecule has 0 aliphatic carbocycles. The van der Waals surface area contributed by atoms with Crippen LogP contribution in [-0.4, -0.2) is 33.0 Å². The van der Waals surface area contributed by atoms with Crippen molar-refractivity contribution in [2.24, 2.45) is 5.16 Å². The fourth-order valence-corrected chi connectivity index (χ4v) is 2.89. The molecule has 0 amide bonds. The van der Waals surface area contributed by atoms with Crippen molar-refractivity contribution < 1.29 is 9.94 Å². The number of aromatic nitrogens is 1. The Bertz CT molecular complexity index is 762. The van der Waals surface area contributed by atoms with Crippen LogP contribution in [0.4, 0.5) is 0 Å². The lowest BCUT2D eigenvalue weighted by Crippen LogP contribution is -2.40. The first-order valence-corrected chi connectivity index (χ1v) is 8.05. The largest absolute Gasteiger partial charge is 0.438 e. The number of hydrogen-bond donors (Lipinski definition) is 1. The molecule has 0 fully saturated rings. The van der Waals surface area contributed by atoms with Crippen LogP contribution in [0.15, 0.2) is 59.9 Å². The van der Waals surface area contributed by atoms with Crippen molar-refractivity contribution in [1.29, 1.82) is 0 Å². The SMILES string of the molecule is CC1C=CC(C)N1/C(=N\O)c1cccnc1Oc1ccc(Cl)cc1. The molecule has 0 spiro atoms. The van der Waals surface area contributed by atoms with Gasteiger partial charge in [0, 0.05) is 23.3 Å². The van der Waals surface area contributed by atoms with E-state index < -0.39 is 0 Å². The van der Waals surface area contributed by atoms with Crippen LogP contribution in [0.25, 0.3) is 0 Å². The zero-order valence-corrected chi connectivity index (χ0v) is 14.2. The van der Waals surface area contributed by atoms with Crippen LogP contribution in [-0.2, 0) is 0 Å². The minimum absolute atomic E-state index is 0.120. The van der Waals surface area contributed by atoms with Gasteiger partial charge in [-0.25, -0.2) is 4.98 Å². The third kappa shape index (κ3) is 3.21. The lowest BCUT2D eigenvalue weighted by molar-refractivity contribution is 0.288. The summed E-state index contributed by atoms with van der Waals surface area (Å²) in [7, 11) is 0. The zero-order chi connectivity index (χ0) is 17.1. The van der Waals surface area contributed by atoms with Gasteiger partial charge >= 0.3 is 0 Å². The molecule has 3 rings (SSSR count). The van der Waals surface area contributed by atoms with E-state index in [1.54, 1.807) is 36.5 Å². The molecule has 2 heterocycles. The summed E-state index contributed by atoms with van der Waals surface area (Å²) in [6, 6.07) is 10.9. The maximum absolute atomic E-state index is 9.62. The molecule has 6 heteroatoms. The molecule has 2 atom stereocenters. The van der Waals surface area contributed by atoms with Crippen molar-refractivity contribution in [3.8, 4) is 11.6 Å². The van der Waals surface area contributed by atoms with E-state index in [0.29, 0.717) is 28.1 Å².